The molecule has 1 heterocycles. The molecule has 0 saturated heterocycles. The maximum Gasteiger partial charge on any atom is 0.0422 e. The Bertz CT molecular complexity index is 299. The van der Waals surface area contributed by atoms with Crippen LogP contribution in [0.15, 0.2) is 18.3 Å². The van der Waals surface area contributed by atoms with Crippen LogP contribution in [-0.2, 0) is 12.8 Å². The van der Waals surface area contributed by atoms with Gasteiger partial charge in [-0.05, 0) is 30.9 Å². The predicted molar refractivity (Wildman–Crippen MR) is 64.7 cm³/mol. The fourth-order valence-corrected chi connectivity index (χ4v) is 1.36. The summed E-state index contributed by atoms with van der Waals surface area (Å²) in [6.07, 6.45) is 3.83. The lowest BCUT2D eigenvalue weighted by Crippen LogP contribution is -2.44. The van der Waals surface area contributed by atoms with Crippen molar-refractivity contribution in [2.24, 2.45) is 11.7 Å². The van der Waals surface area contributed by atoms with Gasteiger partial charge in [-0.1, -0.05) is 26.8 Å². The highest BCUT2D eigenvalue weighted by Gasteiger charge is 2.23. The zero-order chi connectivity index (χ0) is 11.5. The van der Waals surface area contributed by atoms with Gasteiger partial charge in [-0.2, -0.15) is 0 Å². The summed E-state index contributed by atoms with van der Waals surface area (Å²) in [4.78, 5) is 4.44. The minimum Gasteiger partial charge on any atom is -0.325 e. The van der Waals surface area contributed by atoms with Crippen molar-refractivity contribution in [2.45, 2.75) is 46.1 Å². The average molecular weight is 206 g/mol. The van der Waals surface area contributed by atoms with Crippen LogP contribution < -0.4 is 5.73 Å². The number of hydrogen-bond acceptors (Lipinski definition) is 2. The summed E-state index contributed by atoms with van der Waals surface area (Å²) in [6.45, 7) is 8.53. The lowest BCUT2D eigenvalue weighted by molar-refractivity contribution is 0.335. The number of nitrogens with zero attached hydrogens (tertiary/aromatic N) is 1. The van der Waals surface area contributed by atoms with Gasteiger partial charge in [0.05, 0.1) is 0 Å². The number of aryl methyl sites for hydroxylation is 1. The van der Waals surface area contributed by atoms with Gasteiger partial charge in [0.25, 0.3) is 0 Å². The van der Waals surface area contributed by atoms with Crippen LogP contribution in [0.1, 0.15) is 39.0 Å². The van der Waals surface area contributed by atoms with Crippen molar-refractivity contribution in [3.05, 3.63) is 29.6 Å². The third-order valence-corrected chi connectivity index (χ3v) is 3.18. The van der Waals surface area contributed by atoms with Crippen LogP contribution in [0.25, 0.3) is 0 Å². The van der Waals surface area contributed by atoms with Crippen molar-refractivity contribution in [3.8, 4) is 0 Å². The fraction of sp³-hybridized carbons (Fsp3) is 0.615. The van der Waals surface area contributed by atoms with Gasteiger partial charge in [0.2, 0.25) is 0 Å². The quantitative estimate of drug-likeness (QED) is 0.822. The Morgan fingerprint density at radius 2 is 2.07 bits per heavy atom. The number of aromatic nitrogens is 1. The Morgan fingerprint density at radius 3 is 2.47 bits per heavy atom. The van der Waals surface area contributed by atoms with Gasteiger partial charge in [0.15, 0.2) is 0 Å². The molecule has 0 radical (unpaired) electrons. The maximum absolute atomic E-state index is 6.22. The molecule has 0 saturated carbocycles. The summed E-state index contributed by atoms with van der Waals surface area (Å²) in [5.74, 6) is 0.463. The molecule has 2 heteroatoms. The summed E-state index contributed by atoms with van der Waals surface area (Å²) in [7, 11) is 0. The minimum atomic E-state index is -0.166. The highest BCUT2D eigenvalue weighted by molar-refractivity contribution is 5.15. The van der Waals surface area contributed by atoms with E-state index in [2.05, 4.69) is 44.8 Å². The van der Waals surface area contributed by atoms with E-state index in [1.165, 1.54) is 5.56 Å². The molecule has 2 N–H and O–H groups in total. The molecule has 1 aromatic rings. The molecule has 1 atom stereocenters. The van der Waals surface area contributed by atoms with Gasteiger partial charge < -0.3 is 5.73 Å². The Labute approximate surface area is 92.9 Å². The van der Waals surface area contributed by atoms with E-state index in [0.717, 1.165) is 18.5 Å². The van der Waals surface area contributed by atoms with Gasteiger partial charge in [-0.25, -0.2) is 0 Å². The summed E-state index contributed by atoms with van der Waals surface area (Å²) >= 11 is 0. The van der Waals surface area contributed by atoms with Gasteiger partial charge in [-0.15, -0.1) is 0 Å². The molecule has 2 nitrogen and oxygen atoms in total. The van der Waals surface area contributed by atoms with Crippen LogP contribution >= 0.6 is 0 Å². The first-order valence-corrected chi connectivity index (χ1v) is 5.68. The number of nitrogens with two attached hydrogens (primary N) is 1. The molecule has 15 heavy (non-hydrogen) atoms. The second kappa shape index (κ2) is 4.75. The van der Waals surface area contributed by atoms with E-state index >= 15 is 0 Å². The molecule has 84 valence electrons. The monoisotopic (exact) mass is 206 g/mol. The molecule has 1 rings (SSSR count). The molecule has 0 spiro atoms. The number of hydrogen-bond donors (Lipinski definition) is 1. The summed E-state index contributed by atoms with van der Waals surface area (Å²) in [6, 6.07) is 4.23. The highest BCUT2D eigenvalue weighted by Crippen LogP contribution is 2.18. The van der Waals surface area contributed by atoms with Crippen LogP contribution in [-0.4, -0.2) is 10.5 Å². The van der Waals surface area contributed by atoms with E-state index in [-0.39, 0.29) is 5.54 Å². The van der Waals surface area contributed by atoms with Gasteiger partial charge in [0, 0.05) is 23.9 Å². The topological polar surface area (TPSA) is 38.9 Å². The van der Waals surface area contributed by atoms with Gasteiger partial charge in [-0.3, -0.25) is 4.98 Å². The van der Waals surface area contributed by atoms with Crippen molar-refractivity contribution in [1.29, 1.82) is 0 Å². The SMILES string of the molecule is CCc1ccc(CC(C)(N)C(C)C)nc1. The second-order valence-electron chi connectivity index (χ2n) is 4.85. The zero-order valence-corrected chi connectivity index (χ0v) is 10.2. The largest absolute Gasteiger partial charge is 0.325 e. The maximum atomic E-state index is 6.22. The highest BCUT2D eigenvalue weighted by atomic mass is 14.8. The molecule has 0 aromatic carbocycles. The molecular weight excluding hydrogens is 184 g/mol. The first kappa shape index (κ1) is 12.2. The molecule has 0 aliphatic rings. The zero-order valence-electron chi connectivity index (χ0n) is 10.2. The standard InChI is InChI=1S/C13H22N2/c1-5-11-6-7-12(15-9-11)8-13(4,14)10(2)3/h6-7,9-10H,5,8,14H2,1-4H3. The lowest BCUT2D eigenvalue weighted by Gasteiger charge is -2.28. The first-order valence-electron chi connectivity index (χ1n) is 5.68. The van der Waals surface area contributed by atoms with Gasteiger partial charge in [0.1, 0.15) is 0 Å². The Kier molecular flexibility index (Phi) is 3.86. The second-order valence-corrected chi connectivity index (χ2v) is 4.85. The van der Waals surface area contributed by atoms with E-state index in [4.69, 9.17) is 5.73 Å². The Balaban J connectivity index is 2.73. The van der Waals surface area contributed by atoms with Crippen LogP contribution in [0.3, 0.4) is 0 Å². The number of rotatable bonds is 4. The van der Waals surface area contributed by atoms with E-state index in [9.17, 15) is 0 Å². The molecule has 0 aliphatic carbocycles. The van der Waals surface area contributed by atoms with E-state index in [0.29, 0.717) is 5.92 Å². The van der Waals surface area contributed by atoms with Crippen LogP contribution in [0.5, 0.6) is 0 Å². The molecule has 0 amide bonds. The van der Waals surface area contributed by atoms with Crippen molar-refractivity contribution in [2.75, 3.05) is 0 Å². The first-order chi connectivity index (χ1) is 6.95. The molecular formula is C13H22N2. The van der Waals surface area contributed by atoms with Crippen LogP contribution in [0, 0.1) is 5.92 Å². The third kappa shape index (κ3) is 3.31. The molecule has 1 aromatic heterocycles. The van der Waals surface area contributed by atoms with Crippen molar-refractivity contribution < 1.29 is 0 Å². The number of pyridine rings is 1. The van der Waals surface area contributed by atoms with E-state index < -0.39 is 0 Å². The normalized spacial score (nSPS) is 15.3. The Hall–Kier alpha value is -0.890. The van der Waals surface area contributed by atoms with E-state index in [1.54, 1.807) is 0 Å². The van der Waals surface area contributed by atoms with Crippen molar-refractivity contribution in [3.63, 3.8) is 0 Å². The van der Waals surface area contributed by atoms with E-state index in [1.807, 2.05) is 6.20 Å². The van der Waals surface area contributed by atoms with Crippen LogP contribution in [0.4, 0.5) is 0 Å². The smallest absolute Gasteiger partial charge is 0.0422 e. The molecule has 0 fully saturated rings. The summed E-state index contributed by atoms with van der Waals surface area (Å²) in [5.41, 5.74) is 8.42. The third-order valence-electron chi connectivity index (χ3n) is 3.18. The fourth-order valence-electron chi connectivity index (χ4n) is 1.36. The summed E-state index contributed by atoms with van der Waals surface area (Å²) < 4.78 is 0. The predicted octanol–water partition coefficient (Wildman–Crippen LogP) is 2.56. The lowest BCUT2D eigenvalue weighted by atomic mass is 9.85. The molecule has 1 unspecified atom stereocenters. The van der Waals surface area contributed by atoms with Crippen LogP contribution in [0.2, 0.25) is 0 Å². The summed E-state index contributed by atoms with van der Waals surface area (Å²) in [5, 5.41) is 0. The molecule has 0 aliphatic heterocycles. The van der Waals surface area contributed by atoms with Gasteiger partial charge >= 0.3 is 0 Å². The Morgan fingerprint density at radius 1 is 1.40 bits per heavy atom. The van der Waals surface area contributed by atoms with Crippen molar-refractivity contribution in [1.82, 2.24) is 4.98 Å². The van der Waals surface area contributed by atoms with Crippen molar-refractivity contribution >= 4 is 0 Å². The molecule has 0 bridgehead atoms. The minimum absolute atomic E-state index is 0.166. The average Bonchev–Trinajstić information content (AvgIpc) is 2.18.